The zero-order chi connectivity index (χ0) is 14.9. The number of carbonyl (C=O) groups excluding carboxylic acids is 1. The van der Waals surface area contributed by atoms with Gasteiger partial charge in [-0.2, -0.15) is 0 Å². The summed E-state index contributed by atoms with van der Waals surface area (Å²) in [5.41, 5.74) is 7.97. The number of fused-ring (bicyclic) bond motifs is 1. The molecule has 4 nitrogen and oxygen atoms in total. The molecule has 1 aromatic carbocycles. The third-order valence-electron chi connectivity index (χ3n) is 4.35. The van der Waals surface area contributed by atoms with Crippen LogP contribution < -0.4 is 11.1 Å². The maximum Gasteiger partial charge on any atom is 0.287 e. The molecule has 0 saturated heterocycles. The molecule has 21 heavy (non-hydrogen) atoms. The molecule has 0 radical (unpaired) electrons. The molecule has 0 atom stereocenters. The Labute approximate surface area is 124 Å². The van der Waals surface area contributed by atoms with E-state index in [0.717, 1.165) is 42.2 Å². The van der Waals surface area contributed by atoms with Gasteiger partial charge in [-0.1, -0.05) is 30.9 Å². The Morgan fingerprint density at radius 3 is 2.81 bits per heavy atom. The summed E-state index contributed by atoms with van der Waals surface area (Å²) >= 11 is 0. The number of aryl methyl sites for hydroxylation is 1. The van der Waals surface area contributed by atoms with Crippen LogP contribution in [0.25, 0.3) is 11.0 Å². The molecule has 0 unspecified atom stereocenters. The fourth-order valence-corrected chi connectivity index (χ4v) is 3.05. The zero-order valence-electron chi connectivity index (χ0n) is 12.4. The lowest BCUT2D eigenvalue weighted by molar-refractivity contribution is 0.0912. The molecule has 0 bridgehead atoms. The number of hydrogen-bond donors (Lipinski definition) is 2. The van der Waals surface area contributed by atoms with E-state index in [1.54, 1.807) is 6.07 Å². The highest BCUT2D eigenvalue weighted by atomic mass is 16.3. The first-order chi connectivity index (χ1) is 10.1. The monoisotopic (exact) mass is 286 g/mol. The summed E-state index contributed by atoms with van der Waals surface area (Å²) in [4.78, 5) is 12.2. The van der Waals surface area contributed by atoms with Crippen LogP contribution in [0.2, 0.25) is 0 Å². The minimum atomic E-state index is -0.253. The Kier molecular flexibility index (Phi) is 3.72. The molecule has 1 aliphatic carbocycles. The SMILES string of the molecule is Cc1ccc2oc(C(=O)NCC3(N)CCCCC3)cc2c1. The quantitative estimate of drug-likeness (QED) is 0.910. The third kappa shape index (κ3) is 3.10. The van der Waals surface area contributed by atoms with E-state index in [1.165, 1.54) is 6.42 Å². The van der Waals surface area contributed by atoms with E-state index in [1.807, 2.05) is 25.1 Å². The largest absolute Gasteiger partial charge is 0.451 e. The van der Waals surface area contributed by atoms with Gasteiger partial charge in [0, 0.05) is 17.5 Å². The Balaban J connectivity index is 1.69. The number of furan rings is 1. The molecule has 0 spiro atoms. The maximum absolute atomic E-state index is 12.2. The summed E-state index contributed by atoms with van der Waals surface area (Å²) in [6, 6.07) is 7.68. The van der Waals surface area contributed by atoms with Gasteiger partial charge >= 0.3 is 0 Å². The lowest BCUT2D eigenvalue weighted by Gasteiger charge is -2.33. The average Bonchev–Trinajstić information content (AvgIpc) is 2.88. The van der Waals surface area contributed by atoms with Crippen molar-refractivity contribution in [3.05, 3.63) is 35.6 Å². The predicted molar refractivity (Wildman–Crippen MR) is 83.3 cm³/mol. The third-order valence-corrected chi connectivity index (χ3v) is 4.35. The summed E-state index contributed by atoms with van der Waals surface area (Å²) in [5, 5.41) is 3.89. The van der Waals surface area contributed by atoms with Crippen molar-refractivity contribution >= 4 is 16.9 Å². The topological polar surface area (TPSA) is 68.3 Å². The van der Waals surface area contributed by atoms with Crippen LogP contribution in [0.5, 0.6) is 0 Å². The first-order valence-corrected chi connectivity index (χ1v) is 7.63. The highest BCUT2D eigenvalue weighted by Gasteiger charge is 2.28. The van der Waals surface area contributed by atoms with Gasteiger partial charge in [0.25, 0.3) is 5.91 Å². The predicted octanol–water partition coefficient (Wildman–Crippen LogP) is 3.13. The van der Waals surface area contributed by atoms with Gasteiger partial charge in [0.05, 0.1) is 0 Å². The van der Waals surface area contributed by atoms with Crippen molar-refractivity contribution in [2.45, 2.75) is 44.6 Å². The van der Waals surface area contributed by atoms with E-state index >= 15 is 0 Å². The maximum atomic E-state index is 12.2. The Bertz CT molecular complexity index is 654. The molecule has 1 aliphatic rings. The second-order valence-electron chi connectivity index (χ2n) is 6.26. The minimum Gasteiger partial charge on any atom is -0.451 e. The molecule has 2 aromatic rings. The van der Waals surface area contributed by atoms with Crippen molar-refractivity contribution in [3.8, 4) is 0 Å². The number of hydrogen-bond acceptors (Lipinski definition) is 3. The molecule has 1 amide bonds. The molecule has 3 N–H and O–H groups in total. The fourth-order valence-electron chi connectivity index (χ4n) is 3.05. The summed E-state index contributed by atoms with van der Waals surface area (Å²) in [7, 11) is 0. The van der Waals surface area contributed by atoms with Crippen LogP contribution in [-0.4, -0.2) is 18.0 Å². The van der Waals surface area contributed by atoms with E-state index in [4.69, 9.17) is 10.2 Å². The van der Waals surface area contributed by atoms with Crippen LogP contribution in [0, 0.1) is 6.92 Å². The van der Waals surface area contributed by atoms with Gasteiger partial charge in [-0.25, -0.2) is 0 Å². The van der Waals surface area contributed by atoms with Crippen LogP contribution in [0.1, 0.15) is 48.2 Å². The summed E-state index contributed by atoms with van der Waals surface area (Å²) in [6.07, 6.45) is 5.50. The number of nitrogens with two attached hydrogens (primary N) is 1. The van der Waals surface area contributed by atoms with E-state index < -0.39 is 0 Å². The van der Waals surface area contributed by atoms with Crippen molar-refractivity contribution in [1.29, 1.82) is 0 Å². The number of benzene rings is 1. The molecule has 1 fully saturated rings. The molecule has 3 rings (SSSR count). The van der Waals surface area contributed by atoms with Crippen molar-refractivity contribution in [3.63, 3.8) is 0 Å². The number of amides is 1. The Morgan fingerprint density at radius 1 is 1.29 bits per heavy atom. The van der Waals surface area contributed by atoms with Crippen molar-refractivity contribution in [1.82, 2.24) is 5.32 Å². The van der Waals surface area contributed by atoms with Gasteiger partial charge in [-0.05, 0) is 38.0 Å². The van der Waals surface area contributed by atoms with Gasteiger partial charge in [-0.3, -0.25) is 4.79 Å². The van der Waals surface area contributed by atoms with Crippen LogP contribution in [0.3, 0.4) is 0 Å². The Hall–Kier alpha value is -1.81. The molecule has 112 valence electrons. The van der Waals surface area contributed by atoms with Crippen molar-refractivity contribution in [2.75, 3.05) is 6.54 Å². The van der Waals surface area contributed by atoms with E-state index in [2.05, 4.69) is 5.32 Å². The minimum absolute atomic E-state index is 0.181. The van der Waals surface area contributed by atoms with Crippen molar-refractivity contribution in [2.24, 2.45) is 5.73 Å². The first kappa shape index (κ1) is 14.1. The van der Waals surface area contributed by atoms with E-state index in [9.17, 15) is 4.79 Å². The van der Waals surface area contributed by atoms with Gasteiger partial charge in [0.1, 0.15) is 5.58 Å². The van der Waals surface area contributed by atoms with Gasteiger partial charge < -0.3 is 15.5 Å². The molecule has 4 heteroatoms. The molecule has 1 saturated carbocycles. The number of nitrogens with one attached hydrogen (secondary N) is 1. The second kappa shape index (κ2) is 5.53. The van der Waals surface area contributed by atoms with Gasteiger partial charge in [0.15, 0.2) is 5.76 Å². The highest BCUT2D eigenvalue weighted by Crippen LogP contribution is 2.25. The van der Waals surface area contributed by atoms with Gasteiger partial charge in [0.2, 0.25) is 0 Å². The van der Waals surface area contributed by atoms with Crippen molar-refractivity contribution < 1.29 is 9.21 Å². The van der Waals surface area contributed by atoms with Gasteiger partial charge in [-0.15, -0.1) is 0 Å². The normalized spacial score (nSPS) is 17.8. The Morgan fingerprint density at radius 2 is 2.05 bits per heavy atom. The summed E-state index contributed by atoms with van der Waals surface area (Å²) in [5.74, 6) is 0.175. The second-order valence-corrected chi connectivity index (χ2v) is 6.26. The highest BCUT2D eigenvalue weighted by molar-refractivity contribution is 5.96. The van der Waals surface area contributed by atoms with Crippen LogP contribution >= 0.6 is 0 Å². The average molecular weight is 286 g/mol. The molecule has 1 heterocycles. The molecule has 1 aromatic heterocycles. The van der Waals surface area contributed by atoms with E-state index in [0.29, 0.717) is 12.3 Å². The number of carbonyl (C=O) groups is 1. The first-order valence-electron chi connectivity index (χ1n) is 7.63. The molecular weight excluding hydrogens is 264 g/mol. The van der Waals surface area contributed by atoms with Crippen LogP contribution in [-0.2, 0) is 0 Å². The summed E-state index contributed by atoms with van der Waals surface area (Å²) in [6.45, 7) is 2.54. The van der Waals surface area contributed by atoms with E-state index in [-0.39, 0.29) is 11.4 Å². The van der Waals surface area contributed by atoms with Crippen LogP contribution in [0.4, 0.5) is 0 Å². The smallest absolute Gasteiger partial charge is 0.287 e. The fraction of sp³-hybridized carbons (Fsp3) is 0.471. The molecular formula is C17H22N2O2. The molecule has 0 aliphatic heterocycles. The zero-order valence-corrected chi connectivity index (χ0v) is 12.4. The van der Waals surface area contributed by atoms with Crippen LogP contribution in [0.15, 0.2) is 28.7 Å². The standard InChI is InChI=1S/C17H22N2O2/c1-12-5-6-14-13(9-12)10-15(21-14)16(20)19-11-17(18)7-3-2-4-8-17/h5-6,9-10H,2-4,7-8,11,18H2,1H3,(H,19,20). The summed E-state index contributed by atoms with van der Waals surface area (Å²) < 4.78 is 5.60. The number of rotatable bonds is 3. The lowest BCUT2D eigenvalue weighted by Crippen LogP contribution is -2.51. The lowest BCUT2D eigenvalue weighted by atomic mass is 9.82.